The number of carbonyl (C=O) groups is 1. The number of methoxy groups -OCH3 is 1. The fourth-order valence-corrected chi connectivity index (χ4v) is 4.14. The van der Waals surface area contributed by atoms with Crippen molar-refractivity contribution >= 4 is 33.3 Å². The Balaban J connectivity index is 1.20. The Hall–Kier alpha value is -3.38. The number of rotatable bonds is 9. The number of carbonyl (C=O) groups excluding carboxylic acids is 1. The molecule has 0 fully saturated rings. The Morgan fingerprint density at radius 2 is 1.65 bits per heavy atom. The van der Waals surface area contributed by atoms with E-state index in [-0.39, 0.29) is 5.91 Å². The second-order valence-corrected chi connectivity index (χ2v) is 8.06. The van der Waals surface area contributed by atoms with Crippen LogP contribution in [0.15, 0.2) is 72.8 Å². The maximum atomic E-state index is 12.2. The molecule has 1 heterocycles. The summed E-state index contributed by atoms with van der Waals surface area (Å²) in [5.74, 6) is 1.80. The summed E-state index contributed by atoms with van der Waals surface area (Å²) in [5.41, 5.74) is 3.24. The van der Waals surface area contributed by atoms with Gasteiger partial charge in [0.1, 0.15) is 11.6 Å². The van der Waals surface area contributed by atoms with Crippen LogP contribution in [-0.4, -0.2) is 30.5 Å². The molecule has 4 aromatic rings. The SMILES string of the molecule is COc1ccc(-c2ccc(CC(=O)NCCCNc3nsc4ccccc34)cc2)cc1. The van der Waals surface area contributed by atoms with Crippen molar-refractivity contribution in [3.8, 4) is 16.9 Å². The van der Waals surface area contributed by atoms with Crippen molar-refractivity contribution in [3.63, 3.8) is 0 Å². The Bertz CT molecular complexity index is 1140. The van der Waals surface area contributed by atoms with Gasteiger partial charge in [0.25, 0.3) is 0 Å². The molecule has 2 N–H and O–H groups in total. The highest BCUT2D eigenvalue weighted by molar-refractivity contribution is 7.13. The molecule has 5 nitrogen and oxygen atoms in total. The zero-order chi connectivity index (χ0) is 21.5. The van der Waals surface area contributed by atoms with Crippen LogP contribution in [0.3, 0.4) is 0 Å². The van der Waals surface area contributed by atoms with Crippen LogP contribution in [0.4, 0.5) is 5.82 Å². The predicted octanol–water partition coefficient (Wildman–Crippen LogP) is 5.13. The van der Waals surface area contributed by atoms with E-state index in [1.165, 1.54) is 16.2 Å². The summed E-state index contributed by atoms with van der Waals surface area (Å²) in [6, 6.07) is 24.3. The van der Waals surface area contributed by atoms with E-state index in [0.29, 0.717) is 13.0 Å². The molecule has 3 aromatic carbocycles. The van der Waals surface area contributed by atoms with Gasteiger partial charge in [-0.15, -0.1) is 0 Å². The third kappa shape index (κ3) is 5.41. The fraction of sp³-hybridized carbons (Fsp3) is 0.200. The van der Waals surface area contributed by atoms with Gasteiger partial charge in [-0.1, -0.05) is 48.5 Å². The number of nitrogens with one attached hydrogen (secondary N) is 2. The van der Waals surface area contributed by atoms with E-state index in [0.717, 1.165) is 46.6 Å². The van der Waals surface area contributed by atoms with E-state index in [9.17, 15) is 4.79 Å². The first kappa shape index (κ1) is 20.9. The fourth-order valence-electron chi connectivity index (χ4n) is 3.38. The zero-order valence-electron chi connectivity index (χ0n) is 17.4. The van der Waals surface area contributed by atoms with E-state index in [1.807, 2.05) is 60.7 Å². The molecule has 4 rings (SSSR count). The monoisotopic (exact) mass is 431 g/mol. The first-order chi connectivity index (χ1) is 15.2. The molecular weight excluding hydrogens is 406 g/mol. The number of ether oxygens (including phenoxy) is 1. The van der Waals surface area contributed by atoms with Crippen molar-refractivity contribution in [1.29, 1.82) is 0 Å². The molecule has 0 aliphatic rings. The minimum atomic E-state index is 0.0382. The lowest BCUT2D eigenvalue weighted by Crippen LogP contribution is -2.27. The minimum Gasteiger partial charge on any atom is -0.497 e. The highest BCUT2D eigenvalue weighted by Crippen LogP contribution is 2.26. The van der Waals surface area contributed by atoms with Crippen molar-refractivity contribution in [2.45, 2.75) is 12.8 Å². The third-order valence-electron chi connectivity index (χ3n) is 5.09. The summed E-state index contributed by atoms with van der Waals surface area (Å²) in [5, 5.41) is 7.50. The first-order valence-corrected chi connectivity index (χ1v) is 11.1. The average Bonchev–Trinajstić information content (AvgIpc) is 3.22. The molecule has 0 aliphatic carbocycles. The van der Waals surface area contributed by atoms with Crippen LogP contribution in [0.1, 0.15) is 12.0 Å². The van der Waals surface area contributed by atoms with Gasteiger partial charge in [-0.2, -0.15) is 4.37 Å². The highest BCUT2D eigenvalue weighted by Gasteiger charge is 2.06. The standard InChI is InChI=1S/C25H25N3O2S/c1-30-21-13-11-20(12-14-21)19-9-7-18(8-10-19)17-24(29)26-15-4-16-27-25-22-5-2-3-6-23(22)31-28-25/h2-3,5-14H,4,15-17H2,1H3,(H,26,29)(H,27,28). The van der Waals surface area contributed by atoms with Gasteiger partial charge in [0.2, 0.25) is 5.91 Å². The van der Waals surface area contributed by atoms with E-state index >= 15 is 0 Å². The minimum absolute atomic E-state index is 0.0382. The molecule has 0 bridgehead atoms. The molecule has 0 saturated carbocycles. The topological polar surface area (TPSA) is 63.2 Å². The number of benzene rings is 3. The molecule has 0 unspecified atom stereocenters. The summed E-state index contributed by atoms with van der Waals surface area (Å²) in [7, 11) is 1.66. The number of hydrogen-bond donors (Lipinski definition) is 2. The Labute approximate surface area is 186 Å². The number of hydrogen-bond acceptors (Lipinski definition) is 5. The van der Waals surface area contributed by atoms with Gasteiger partial charge in [-0.05, 0) is 58.9 Å². The van der Waals surface area contributed by atoms with Crippen LogP contribution in [0.2, 0.25) is 0 Å². The molecule has 1 amide bonds. The maximum Gasteiger partial charge on any atom is 0.224 e. The van der Waals surface area contributed by atoms with Gasteiger partial charge < -0.3 is 15.4 Å². The Kier molecular flexibility index (Phi) is 6.79. The van der Waals surface area contributed by atoms with Crippen LogP contribution >= 0.6 is 11.5 Å². The van der Waals surface area contributed by atoms with Crippen LogP contribution < -0.4 is 15.4 Å². The molecule has 6 heteroatoms. The van der Waals surface area contributed by atoms with Crippen LogP contribution in [-0.2, 0) is 11.2 Å². The molecular formula is C25H25N3O2S. The number of fused-ring (bicyclic) bond motifs is 1. The highest BCUT2D eigenvalue weighted by atomic mass is 32.1. The molecule has 0 atom stereocenters. The quantitative estimate of drug-likeness (QED) is 0.361. The summed E-state index contributed by atoms with van der Waals surface area (Å²) < 4.78 is 10.8. The largest absolute Gasteiger partial charge is 0.497 e. The van der Waals surface area contributed by atoms with Gasteiger partial charge in [0.15, 0.2) is 0 Å². The number of amides is 1. The predicted molar refractivity (Wildman–Crippen MR) is 128 cm³/mol. The summed E-state index contributed by atoms with van der Waals surface area (Å²) in [6.07, 6.45) is 1.22. The second kappa shape index (κ2) is 10.1. The number of anilines is 1. The molecule has 31 heavy (non-hydrogen) atoms. The van der Waals surface area contributed by atoms with Crippen molar-refractivity contribution in [1.82, 2.24) is 9.69 Å². The van der Waals surface area contributed by atoms with Crippen molar-refractivity contribution < 1.29 is 9.53 Å². The van der Waals surface area contributed by atoms with E-state index in [2.05, 4.69) is 27.1 Å². The van der Waals surface area contributed by atoms with Gasteiger partial charge in [0.05, 0.1) is 18.2 Å². The molecule has 0 radical (unpaired) electrons. The van der Waals surface area contributed by atoms with Crippen LogP contribution in [0, 0.1) is 0 Å². The lowest BCUT2D eigenvalue weighted by atomic mass is 10.0. The smallest absolute Gasteiger partial charge is 0.224 e. The second-order valence-electron chi connectivity index (χ2n) is 7.26. The Morgan fingerprint density at radius 1 is 0.935 bits per heavy atom. The molecule has 0 spiro atoms. The number of nitrogens with zero attached hydrogens (tertiary/aromatic N) is 1. The Morgan fingerprint density at radius 3 is 2.39 bits per heavy atom. The lowest BCUT2D eigenvalue weighted by molar-refractivity contribution is -0.120. The van der Waals surface area contributed by atoms with Gasteiger partial charge in [-0.3, -0.25) is 4.79 Å². The van der Waals surface area contributed by atoms with Gasteiger partial charge >= 0.3 is 0 Å². The lowest BCUT2D eigenvalue weighted by Gasteiger charge is -2.08. The van der Waals surface area contributed by atoms with Crippen molar-refractivity contribution in [2.24, 2.45) is 0 Å². The third-order valence-corrected chi connectivity index (χ3v) is 5.91. The van der Waals surface area contributed by atoms with E-state index in [1.54, 1.807) is 7.11 Å². The summed E-state index contributed by atoms with van der Waals surface area (Å²) >= 11 is 1.50. The molecule has 0 saturated heterocycles. The van der Waals surface area contributed by atoms with Gasteiger partial charge in [0, 0.05) is 18.5 Å². The average molecular weight is 432 g/mol. The maximum absolute atomic E-state index is 12.2. The van der Waals surface area contributed by atoms with Crippen LogP contribution in [0.5, 0.6) is 5.75 Å². The van der Waals surface area contributed by atoms with Gasteiger partial charge in [-0.25, -0.2) is 0 Å². The summed E-state index contributed by atoms with van der Waals surface area (Å²) in [6.45, 7) is 1.41. The van der Waals surface area contributed by atoms with E-state index in [4.69, 9.17) is 4.74 Å². The number of aromatic nitrogens is 1. The van der Waals surface area contributed by atoms with Crippen LogP contribution in [0.25, 0.3) is 21.2 Å². The molecule has 1 aromatic heterocycles. The summed E-state index contributed by atoms with van der Waals surface area (Å²) in [4.78, 5) is 12.2. The van der Waals surface area contributed by atoms with Crippen molar-refractivity contribution in [3.05, 3.63) is 78.4 Å². The zero-order valence-corrected chi connectivity index (χ0v) is 18.2. The van der Waals surface area contributed by atoms with Crippen molar-refractivity contribution in [2.75, 3.05) is 25.5 Å². The van der Waals surface area contributed by atoms with E-state index < -0.39 is 0 Å². The normalized spacial score (nSPS) is 10.7. The first-order valence-electron chi connectivity index (χ1n) is 10.3. The molecule has 158 valence electrons. The molecule has 0 aliphatic heterocycles.